The van der Waals surface area contributed by atoms with Crippen LogP contribution in [0.4, 0.5) is 0 Å². The van der Waals surface area contributed by atoms with Crippen molar-refractivity contribution in [1.82, 2.24) is 0 Å². The fourth-order valence-electron chi connectivity index (χ4n) is 4.47. The average molecular weight is 299 g/mol. The van der Waals surface area contributed by atoms with E-state index in [2.05, 4.69) is 13.8 Å². The molecule has 0 saturated heterocycles. The summed E-state index contributed by atoms with van der Waals surface area (Å²) in [6.45, 7) is 5.95. The first-order valence-electron chi connectivity index (χ1n) is 9.10. The van der Waals surface area contributed by atoms with Crippen molar-refractivity contribution in [2.24, 2.45) is 11.8 Å². The molecule has 0 amide bonds. The zero-order valence-electron chi connectivity index (χ0n) is 13.6. The number of hydrogen-bond donors (Lipinski definition) is 0. The molecule has 0 aliphatic heterocycles. The van der Waals surface area contributed by atoms with Gasteiger partial charge in [-0.3, -0.25) is 0 Å². The molecule has 3 heteroatoms. The molecule has 0 unspecified atom stereocenters. The highest BCUT2D eigenvalue weighted by Crippen LogP contribution is 2.45. The third-order valence-electron chi connectivity index (χ3n) is 5.36. The lowest BCUT2D eigenvalue weighted by Gasteiger charge is -2.40. The molecule has 0 aromatic carbocycles. The molecular weight excluding hydrogens is 264 g/mol. The maximum atomic E-state index is 6.17. The molecule has 118 valence electrons. The van der Waals surface area contributed by atoms with Gasteiger partial charge < -0.3 is 8.85 Å². The van der Waals surface area contributed by atoms with E-state index in [1.807, 2.05) is 0 Å². The van der Waals surface area contributed by atoms with Crippen LogP contribution in [0.5, 0.6) is 0 Å². The summed E-state index contributed by atoms with van der Waals surface area (Å²) in [6, 6.07) is 0. The van der Waals surface area contributed by atoms with Gasteiger partial charge in [-0.05, 0) is 25.7 Å². The molecule has 2 nitrogen and oxygen atoms in total. The fraction of sp³-hybridized carbons (Fsp3) is 1.00. The van der Waals surface area contributed by atoms with Crippen molar-refractivity contribution in [2.75, 3.05) is 13.2 Å². The van der Waals surface area contributed by atoms with Crippen LogP contribution in [-0.2, 0) is 8.85 Å². The van der Waals surface area contributed by atoms with E-state index in [4.69, 9.17) is 8.85 Å². The van der Waals surface area contributed by atoms with Crippen LogP contribution in [0.1, 0.15) is 78.1 Å². The molecule has 0 atom stereocenters. The lowest BCUT2D eigenvalue weighted by molar-refractivity contribution is 0.152. The zero-order valence-corrected chi connectivity index (χ0v) is 14.8. The van der Waals surface area contributed by atoms with E-state index in [0.29, 0.717) is 0 Å². The highest BCUT2D eigenvalue weighted by atomic mass is 28.3. The summed E-state index contributed by atoms with van der Waals surface area (Å²) in [5, 5.41) is 0. The van der Waals surface area contributed by atoms with Crippen LogP contribution >= 0.6 is 0 Å². The molecule has 0 N–H and O–H groups in total. The summed E-state index contributed by atoms with van der Waals surface area (Å²) in [5.74, 6) is 1.81. The second kappa shape index (κ2) is 9.21. The van der Waals surface area contributed by atoms with Gasteiger partial charge in [-0.25, -0.2) is 0 Å². The fourth-order valence-corrected chi connectivity index (χ4v) is 7.32. The molecule has 2 aliphatic carbocycles. The smallest absolute Gasteiger partial charge is 0.325 e. The summed E-state index contributed by atoms with van der Waals surface area (Å²) in [5.41, 5.74) is 0.787. The molecule has 0 radical (unpaired) electrons. The van der Waals surface area contributed by atoms with E-state index in [-0.39, 0.29) is 0 Å². The molecule has 2 aliphatic rings. The van der Waals surface area contributed by atoms with E-state index < -0.39 is 9.28 Å². The van der Waals surface area contributed by atoms with Gasteiger partial charge in [-0.15, -0.1) is 0 Å². The predicted octanol–water partition coefficient (Wildman–Crippen LogP) is 4.81. The summed E-state index contributed by atoms with van der Waals surface area (Å²) in [6.07, 6.45) is 14.4. The van der Waals surface area contributed by atoms with Gasteiger partial charge in [0.15, 0.2) is 0 Å². The van der Waals surface area contributed by atoms with Gasteiger partial charge in [-0.1, -0.05) is 64.2 Å². The largest absolute Gasteiger partial charge is 0.397 e. The molecule has 0 bridgehead atoms. The van der Waals surface area contributed by atoms with Crippen molar-refractivity contribution in [1.29, 1.82) is 0 Å². The molecule has 0 aromatic rings. The van der Waals surface area contributed by atoms with Crippen molar-refractivity contribution in [2.45, 2.75) is 83.6 Å². The third-order valence-corrected chi connectivity index (χ3v) is 8.41. The SMILES string of the molecule is CCO[SiH](OCC)C(C1CCCCC1)C1CCCCC1. The Balaban J connectivity index is 2.07. The van der Waals surface area contributed by atoms with Gasteiger partial charge in [0.1, 0.15) is 0 Å². The number of rotatable bonds is 7. The van der Waals surface area contributed by atoms with Gasteiger partial charge >= 0.3 is 9.28 Å². The minimum Gasteiger partial charge on any atom is -0.397 e. The zero-order chi connectivity index (χ0) is 14.2. The third kappa shape index (κ3) is 4.57. The molecule has 20 heavy (non-hydrogen) atoms. The van der Waals surface area contributed by atoms with Crippen molar-refractivity contribution < 1.29 is 8.85 Å². The minimum atomic E-state index is -1.50. The molecule has 2 saturated carbocycles. The lowest BCUT2D eigenvalue weighted by Crippen LogP contribution is -2.39. The van der Waals surface area contributed by atoms with Gasteiger partial charge in [0.25, 0.3) is 0 Å². The van der Waals surface area contributed by atoms with Crippen molar-refractivity contribution in [3.8, 4) is 0 Å². The van der Waals surface area contributed by atoms with Gasteiger partial charge in [0, 0.05) is 18.8 Å². The van der Waals surface area contributed by atoms with Gasteiger partial charge in [0.2, 0.25) is 0 Å². The maximum Gasteiger partial charge on any atom is 0.325 e. The van der Waals surface area contributed by atoms with Crippen LogP contribution < -0.4 is 0 Å². The number of hydrogen-bond acceptors (Lipinski definition) is 2. The quantitative estimate of drug-likeness (QED) is 0.628. The molecular formula is C17H34O2Si. The van der Waals surface area contributed by atoms with Crippen molar-refractivity contribution in [3.63, 3.8) is 0 Å². The van der Waals surface area contributed by atoms with Crippen LogP contribution in [0.15, 0.2) is 0 Å². The first-order chi connectivity index (χ1) is 9.86. The van der Waals surface area contributed by atoms with E-state index in [1.54, 1.807) is 0 Å². The second-order valence-electron chi connectivity index (χ2n) is 6.65. The Labute approximate surface area is 127 Å². The second-order valence-corrected chi connectivity index (χ2v) is 8.83. The maximum absolute atomic E-state index is 6.17. The first-order valence-corrected chi connectivity index (χ1v) is 10.7. The van der Waals surface area contributed by atoms with Crippen molar-refractivity contribution >= 4 is 9.28 Å². The first kappa shape index (κ1) is 16.5. The monoisotopic (exact) mass is 298 g/mol. The van der Waals surface area contributed by atoms with Gasteiger partial charge in [-0.2, -0.15) is 0 Å². The Morgan fingerprint density at radius 3 is 1.50 bits per heavy atom. The Kier molecular flexibility index (Phi) is 7.61. The summed E-state index contributed by atoms with van der Waals surface area (Å²) in [7, 11) is -1.50. The van der Waals surface area contributed by atoms with Crippen LogP contribution in [0.2, 0.25) is 5.54 Å². The molecule has 2 fully saturated rings. The van der Waals surface area contributed by atoms with E-state index in [0.717, 1.165) is 30.6 Å². The summed E-state index contributed by atoms with van der Waals surface area (Å²) < 4.78 is 12.3. The molecule has 0 aromatic heterocycles. The Hall–Kier alpha value is 0.137. The van der Waals surface area contributed by atoms with Crippen molar-refractivity contribution in [3.05, 3.63) is 0 Å². The molecule has 0 spiro atoms. The average Bonchev–Trinajstić information content (AvgIpc) is 2.50. The van der Waals surface area contributed by atoms with Crippen LogP contribution in [0.3, 0.4) is 0 Å². The highest BCUT2D eigenvalue weighted by Gasteiger charge is 2.39. The van der Waals surface area contributed by atoms with E-state index >= 15 is 0 Å². The van der Waals surface area contributed by atoms with Crippen LogP contribution in [0.25, 0.3) is 0 Å². The normalized spacial score (nSPS) is 22.8. The predicted molar refractivity (Wildman–Crippen MR) is 87.3 cm³/mol. The molecule has 2 rings (SSSR count). The standard InChI is InChI=1S/C17H34O2Si/c1-3-18-20(19-4-2)17(15-11-7-5-8-12-15)16-13-9-6-10-14-16/h15-17,20H,3-14H2,1-2H3. The minimum absolute atomic E-state index is 0.787. The Bertz CT molecular complexity index is 223. The lowest BCUT2D eigenvalue weighted by atomic mass is 9.77. The molecule has 0 heterocycles. The topological polar surface area (TPSA) is 18.5 Å². The Morgan fingerprint density at radius 1 is 0.750 bits per heavy atom. The van der Waals surface area contributed by atoms with Crippen LogP contribution in [-0.4, -0.2) is 22.5 Å². The summed E-state index contributed by atoms with van der Waals surface area (Å²) >= 11 is 0. The van der Waals surface area contributed by atoms with E-state index in [9.17, 15) is 0 Å². The Morgan fingerprint density at radius 2 is 1.15 bits per heavy atom. The van der Waals surface area contributed by atoms with E-state index in [1.165, 1.54) is 64.2 Å². The van der Waals surface area contributed by atoms with Gasteiger partial charge in [0.05, 0.1) is 0 Å². The van der Waals surface area contributed by atoms with Crippen LogP contribution in [0, 0.1) is 11.8 Å². The summed E-state index contributed by atoms with van der Waals surface area (Å²) in [4.78, 5) is 0. The highest BCUT2D eigenvalue weighted by molar-refractivity contribution is 6.46.